The SMILES string of the molecule is C(=Cc1ccccc1-c1cccc(-c2c3ccccc3c(-c3ccccc3)c3ccccc23)c1)c1ccccc1-c1ccc(-c2c3ccccc3c(-c3ccccc3)c3ccccc23)cc1. The van der Waals surface area contributed by atoms with Gasteiger partial charge in [-0.25, -0.2) is 0 Å². The zero-order chi connectivity index (χ0) is 43.8. The summed E-state index contributed by atoms with van der Waals surface area (Å²) in [6, 6.07) is 92.9. The van der Waals surface area contributed by atoms with Gasteiger partial charge in [0, 0.05) is 0 Å². The summed E-state index contributed by atoms with van der Waals surface area (Å²) in [4.78, 5) is 0. The van der Waals surface area contributed by atoms with Gasteiger partial charge in [0.05, 0.1) is 0 Å². The van der Waals surface area contributed by atoms with E-state index in [1.54, 1.807) is 0 Å². The summed E-state index contributed by atoms with van der Waals surface area (Å²) in [6.07, 6.45) is 4.56. The van der Waals surface area contributed by atoms with Crippen molar-refractivity contribution in [1.82, 2.24) is 0 Å². The average molecular weight is 837 g/mol. The van der Waals surface area contributed by atoms with Gasteiger partial charge in [0.15, 0.2) is 0 Å². The molecule has 0 aliphatic carbocycles. The van der Waals surface area contributed by atoms with Gasteiger partial charge in [-0.2, -0.15) is 0 Å². The smallest absolute Gasteiger partial charge is 0.00262 e. The lowest BCUT2D eigenvalue weighted by Crippen LogP contribution is -1.91. The summed E-state index contributed by atoms with van der Waals surface area (Å²) < 4.78 is 0. The molecule has 0 aliphatic rings. The van der Waals surface area contributed by atoms with Gasteiger partial charge in [0.1, 0.15) is 0 Å². The molecule has 308 valence electrons. The lowest BCUT2D eigenvalue weighted by Gasteiger charge is -2.18. The molecule has 66 heavy (non-hydrogen) atoms. The van der Waals surface area contributed by atoms with E-state index >= 15 is 0 Å². The maximum atomic E-state index is 2.38. The number of hydrogen-bond donors (Lipinski definition) is 0. The molecule has 0 N–H and O–H groups in total. The molecular formula is C66H44. The Morgan fingerprint density at radius 3 is 0.864 bits per heavy atom. The molecule has 0 nitrogen and oxygen atoms in total. The fourth-order valence-electron chi connectivity index (χ4n) is 10.4. The second kappa shape index (κ2) is 16.8. The third kappa shape index (κ3) is 6.88. The summed E-state index contributed by atoms with van der Waals surface area (Å²) in [5, 5.41) is 10.1. The Hall–Kier alpha value is -8.58. The van der Waals surface area contributed by atoms with Crippen molar-refractivity contribution < 1.29 is 0 Å². The van der Waals surface area contributed by atoms with E-state index in [0.29, 0.717) is 0 Å². The van der Waals surface area contributed by atoms with Crippen LogP contribution in [-0.2, 0) is 0 Å². The fraction of sp³-hybridized carbons (Fsp3) is 0. The minimum Gasteiger partial charge on any atom is -0.0622 e. The first kappa shape index (κ1) is 39.0. The Morgan fingerprint density at radius 2 is 0.455 bits per heavy atom. The first-order valence-corrected chi connectivity index (χ1v) is 22.8. The number of benzene rings is 12. The van der Waals surface area contributed by atoms with Gasteiger partial charge in [-0.1, -0.05) is 261 Å². The number of rotatable bonds is 8. The van der Waals surface area contributed by atoms with Gasteiger partial charge in [0.2, 0.25) is 0 Å². The molecule has 0 fully saturated rings. The molecule has 0 spiro atoms. The predicted molar refractivity (Wildman–Crippen MR) is 284 cm³/mol. The van der Waals surface area contributed by atoms with Crippen molar-refractivity contribution in [3.63, 3.8) is 0 Å². The topological polar surface area (TPSA) is 0 Å². The molecule has 0 saturated carbocycles. The van der Waals surface area contributed by atoms with Gasteiger partial charge in [-0.3, -0.25) is 0 Å². The largest absolute Gasteiger partial charge is 0.0622 e. The standard InChI is InChI=1S/C66H44/c1-3-22-48(23-4-1)63-55-30-11-13-32-57(55)65(58-33-14-12-31-56(58)63)50-42-40-47(41-43-50)53-28-9-7-20-45(53)38-39-46-21-8-10-29-54(46)51-26-19-27-52(44-51)66-61-36-17-15-34-59(61)64(49-24-5-2-6-25-49)60-35-16-18-37-62(60)66/h1-44H. The molecule has 12 aromatic rings. The monoisotopic (exact) mass is 836 g/mol. The molecule has 0 atom stereocenters. The zero-order valence-corrected chi connectivity index (χ0v) is 36.4. The first-order chi connectivity index (χ1) is 32.8. The molecule has 0 heteroatoms. The van der Waals surface area contributed by atoms with Gasteiger partial charge in [0.25, 0.3) is 0 Å². The van der Waals surface area contributed by atoms with Crippen LogP contribution < -0.4 is 0 Å². The molecular weight excluding hydrogens is 793 g/mol. The van der Waals surface area contributed by atoms with Gasteiger partial charge < -0.3 is 0 Å². The van der Waals surface area contributed by atoms with Crippen LogP contribution in [0, 0.1) is 0 Å². The highest BCUT2D eigenvalue weighted by molar-refractivity contribution is 6.23. The Labute approximate surface area is 386 Å². The molecule has 0 bridgehead atoms. The minimum atomic E-state index is 1.17. The second-order valence-electron chi connectivity index (χ2n) is 17.1. The maximum absolute atomic E-state index is 2.38. The first-order valence-electron chi connectivity index (χ1n) is 22.8. The van der Waals surface area contributed by atoms with Crippen LogP contribution in [0.3, 0.4) is 0 Å². The molecule has 0 heterocycles. The van der Waals surface area contributed by atoms with Crippen molar-refractivity contribution in [3.05, 3.63) is 266 Å². The molecule has 0 saturated heterocycles. The predicted octanol–water partition coefficient (Wildman–Crippen LogP) is 18.5. The van der Waals surface area contributed by atoms with E-state index in [4.69, 9.17) is 0 Å². The third-order valence-corrected chi connectivity index (χ3v) is 13.3. The summed E-state index contributed by atoms with van der Waals surface area (Å²) in [5.74, 6) is 0. The highest BCUT2D eigenvalue weighted by atomic mass is 14.2. The Balaban J connectivity index is 0.908. The second-order valence-corrected chi connectivity index (χ2v) is 17.1. The van der Waals surface area contributed by atoms with Crippen LogP contribution in [0.1, 0.15) is 11.1 Å². The van der Waals surface area contributed by atoms with Crippen molar-refractivity contribution in [3.8, 4) is 66.8 Å². The fourth-order valence-corrected chi connectivity index (χ4v) is 10.4. The van der Waals surface area contributed by atoms with Crippen molar-refractivity contribution >= 4 is 55.2 Å². The van der Waals surface area contributed by atoms with E-state index in [1.165, 1.54) is 121 Å². The zero-order valence-electron chi connectivity index (χ0n) is 36.4. The average Bonchev–Trinajstić information content (AvgIpc) is 3.39. The number of fused-ring (bicyclic) bond motifs is 4. The van der Waals surface area contributed by atoms with E-state index < -0.39 is 0 Å². The van der Waals surface area contributed by atoms with Crippen LogP contribution in [0.25, 0.3) is 122 Å². The van der Waals surface area contributed by atoms with Crippen molar-refractivity contribution in [1.29, 1.82) is 0 Å². The van der Waals surface area contributed by atoms with E-state index in [-0.39, 0.29) is 0 Å². The number of hydrogen-bond acceptors (Lipinski definition) is 0. The van der Waals surface area contributed by atoms with Crippen molar-refractivity contribution in [2.75, 3.05) is 0 Å². The quantitative estimate of drug-likeness (QED) is 0.106. The van der Waals surface area contributed by atoms with Crippen LogP contribution in [0.15, 0.2) is 255 Å². The van der Waals surface area contributed by atoms with E-state index in [0.717, 1.165) is 0 Å². The van der Waals surface area contributed by atoms with E-state index in [9.17, 15) is 0 Å². The molecule has 0 radical (unpaired) electrons. The van der Waals surface area contributed by atoms with Crippen LogP contribution in [0.5, 0.6) is 0 Å². The third-order valence-electron chi connectivity index (χ3n) is 13.3. The maximum Gasteiger partial charge on any atom is -0.00262 e. The Morgan fingerprint density at radius 1 is 0.182 bits per heavy atom. The lowest BCUT2D eigenvalue weighted by atomic mass is 9.85. The molecule has 12 aromatic carbocycles. The molecule has 0 unspecified atom stereocenters. The van der Waals surface area contributed by atoms with Gasteiger partial charge in [-0.05, 0) is 127 Å². The summed E-state index contributed by atoms with van der Waals surface area (Å²) in [6.45, 7) is 0. The minimum absolute atomic E-state index is 1.17. The Kier molecular flexibility index (Phi) is 9.97. The summed E-state index contributed by atoms with van der Waals surface area (Å²) >= 11 is 0. The van der Waals surface area contributed by atoms with Crippen molar-refractivity contribution in [2.45, 2.75) is 0 Å². The van der Waals surface area contributed by atoms with E-state index in [2.05, 4.69) is 267 Å². The normalized spacial score (nSPS) is 11.6. The van der Waals surface area contributed by atoms with Crippen LogP contribution in [-0.4, -0.2) is 0 Å². The highest BCUT2D eigenvalue weighted by Gasteiger charge is 2.19. The van der Waals surface area contributed by atoms with Gasteiger partial charge in [-0.15, -0.1) is 0 Å². The van der Waals surface area contributed by atoms with Gasteiger partial charge >= 0.3 is 0 Å². The van der Waals surface area contributed by atoms with Crippen LogP contribution in [0.2, 0.25) is 0 Å². The van der Waals surface area contributed by atoms with E-state index in [1.807, 2.05) is 0 Å². The summed E-state index contributed by atoms with van der Waals surface area (Å²) in [5.41, 5.74) is 17.1. The molecule has 0 amide bonds. The summed E-state index contributed by atoms with van der Waals surface area (Å²) in [7, 11) is 0. The molecule has 0 aliphatic heterocycles. The van der Waals surface area contributed by atoms with Crippen molar-refractivity contribution in [2.24, 2.45) is 0 Å². The molecule has 12 rings (SSSR count). The van der Waals surface area contributed by atoms with Crippen LogP contribution in [0.4, 0.5) is 0 Å². The van der Waals surface area contributed by atoms with Crippen LogP contribution >= 0.6 is 0 Å². The molecule has 0 aromatic heterocycles. The lowest BCUT2D eigenvalue weighted by molar-refractivity contribution is 1.58. The highest BCUT2D eigenvalue weighted by Crippen LogP contribution is 2.46. The Bertz CT molecular complexity index is 3670.